The van der Waals surface area contributed by atoms with Gasteiger partial charge >= 0.3 is 5.97 Å². The number of piperidine rings is 1. The number of carboxylic acid groups (broad SMARTS) is 1. The Morgan fingerprint density at radius 1 is 1.53 bits per heavy atom. The standard InChI is InChI=1S/C11H21NO3/c1-2-15-8-4-6-9-5-3-7-10(12-9)11(13)14/h9-10,12H,2-8H2,1H3,(H,13,14). The second-order valence-electron chi connectivity index (χ2n) is 4.02. The molecule has 4 nitrogen and oxygen atoms in total. The van der Waals surface area contributed by atoms with Gasteiger partial charge in [0, 0.05) is 19.3 Å². The molecule has 0 radical (unpaired) electrons. The first-order chi connectivity index (χ1) is 7.24. The monoisotopic (exact) mass is 215 g/mol. The summed E-state index contributed by atoms with van der Waals surface area (Å²) in [6, 6.07) is 0.0242. The first-order valence-electron chi connectivity index (χ1n) is 5.80. The lowest BCUT2D eigenvalue weighted by Gasteiger charge is -2.28. The Bertz CT molecular complexity index is 196. The molecular formula is C11H21NO3. The number of aliphatic carboxylic acids is 1. The summed E-state index contributed by atoms with van der Waals surface area (Å²) in [6.07, 6.45) is 4.90. The fourth-order valence-corrected chi connectivity index (χ4v) is 2.02. The van der Waals surface area contributed by atoms with Crippen molar-refractivity contribution < 1.29 is 14.6 Å². The molecule has 1 aliphatic rings. The summed E-state index contributed by atoms with van der Waals surface area (Å²) in [7, 11) is 0. The Hall–Kier alpha value is -0.610. The van der Waals surface area contributed by atoms with Crippen LogP contribution in [0.2, 0.25) is 0 Å². The Balaban J connectivity index is 2.15. The summed E-state index contributed by atoms with van der Waals surface area (Å²) in [6.45, 7) is 3.53. The van der Waals surface area contributed by atoms with Crippen LogP contribution in [0.15, 0.2) is 0 Å². The zero-order valence-corrected chi connectivity index (χ0v) is 9.37. The highest BCUT2D eigenvalue weighted by Gasteiger charge is 2.25. The first-order valence-corrected chi connectivity index (χ1v) is 5.80. The molecule has 1 aliphatic heterocycles. The van der Waals surface area contributed by atoms with Gasteiger partial charge in [-0.25, -0.2) is 0 Å². The van der Waals surface area contributed by atoms with Crippen LogP contribution in [0.25, 0.3) is 0 Å². The van der Waals surface area contributed by atoms with Crippen LogP contribution in [-0.4, -0.2) is 36.4 Å². The largest absolute Gasteiger partial charge is 0.480 e. The van der Waals surface area contributed by atoms with Crippen LogP contribution in [0.3, 0.4) is 0 Å². The Morgan fingerprint density at radius 3 is 3.00 bits per heavy atom. The highest BCUT2D eigenvalue weighted by atomic mass is 16.5. The topological polar surface area (TPSA) is 58.6 Å². The number of nitrogens with one attached hydrogen (secondary N) is 1. The van der Waals surface area contributed by atoms with Gasteiger partial charge in [0.05, 0.1) is 0 Å². The van der Waals surface area contributed by atoms with Gasteiger partial charge in [-0.15, -0.1) is 0 Å². The average Bonchev–Trinajstić information content (AvgIpc) is 2.25. The number of hydrogen-bond acceptors (Lipinski definition) is 3. The van der Waals surface area contributed by atoms with E-state index in [1.165, 1.54) is 0 Å². The fourth-order valence-electron chi connectivity index (χ4n) is 2.02. The molecule has 0 aromatic heterocycles. The molecule has 0 bridgehead atoms. The van der Waals surface area contributed by atoms with Gasteiger partial charge < -0.3 is 15.2 Å². The van der Waals surface area contributed by atoms with Gasteiger partial charge in [-0.2, -0.15) is 0 Å². The molecular weight excluding hydrogens is 194 g/mol. The molecule has 15 heavy (non-hydrogen) atoms. The van der Waals surface area contributed by atoms with Crippen molar-refractivity contribution in [3.05, 3.63) is 0 Å². The molecule has 0 saturated carbocycles. The normalized spacial score (nSPS) is 26.5. The van der Waals surface area contributed by atoms with E-state index in [-0.39, 0.29) is 6.04 Å². The van der Waals surface area contributed by atoms with E-state index < -0.39 is 5.97 Å². The number of hydrogen-bond donors (Lipinski definition) is 2. The van der Waals surface area contributed by atoms with Gasteiger partial charge in [-0.05, 0) is 39.0 Å². The molecule has 1 saturated heterocycles. The summed E-state index contributed by atoms with van der Waals surface area (Å²) in [5.74, 6) is -0.718. The molecule has 1 rings (SSSR count). The SMILES string of the molecule is CCOCCCC1CCCC(C(=O)O)N1. The Labute approximate surface area is 91.0 Å². The average molecular weight is 215 g/mol. The van der Waals surface area contributed by atoms with Crippen molar-refractivity contribution in [1.29, 1.82) is 0 Å². The maximum atomic E-state index is 10.8. The van der Waals surface area contributed by atoms with Gasteiger partial charge in [0.25, 0.3) is 0 Å². The summed E-state index contributed by atoms with van der Waals surface area (Å²) in [4.78, 5) is 10.8. The van der Waals surface area contributed by atoms with Crippen molar-refractivity contribution in [2.45, 2.75) is 51.1 Å². The van der Waals surface area contributed by atoms with Crippen molar-refractivity contribution in [2.75, 3.05) is 13.2 Å². The van der Waals surface area contributed by atoms with Gasteiger partial charge in [0.15, 0.2) is 0 Å². The van der Waals surface area contributed by atoms with Crippen molar-refractivity contribution in [1.82, 2.24) is 5.32 Å². The number of rotatable bonds is 6. The molecule has 1 heterocycles. The molecule has 0 aromatic rings. The molecule has 4 heteroatoms. The van der Waals surface area contributed by atoms with E-state index >= 15 is 0 Å². The Morgan fingerprint density at radius 2 is 2.33 bits per heavy atom. The molecule has 0 spiro atoms. The highest BCUT2D eigenvalue weighted by Crippen LogP contribution is 2.16. The summed E-state index contributed by atoms with van der Waals surface area (Å²) >= 11 is 0. The molecule has 88 valence electrons. The van der Waals surface area contributed by atoms with Crippen LogP contribution < -0.4 is 5.32 Å². The molecule has 1 fully saturated rings. The third-order valence-corrected chi connectivity index (χ3v) is 2.83. The zero-order chi connectivity index (χ0) is 11.1. The van der Waals surface area contributed by atoms with Crippen LogP contribution >= 0.6 is 0 Å². The van der Waals surface area contributed by atoms with E-state index in [9.17, 15) is 4.79 Å². The zero-order valence-electron chi connectivity index (χ0n) is 9.37. The minimum absolute atomic E-state index is 0.337. The van der Waals surface area contributed by atoms with E-state index in [1.807, 2.05) is 6.92 Å². The van der Waals surface area contributed by atoms with Crippen molar-refractivity contribution >= 4 is 5.97 Å². The fraction of sp³-hybridized carbons (Fsp3) is 0.909. The molecule has 2 unspecified atom stereocenters. The lowest BCUT2D eigenvalue weighted by atomic mass is 9.96. The highest BCUT2D eigenvalue weighted by molar-refractivity contribution is 5.73. The van der Waals surface area contributed by atoms with Crippen molar-refractivity contribution in [3.63, 3.8) is 0 Å². The van der Waals surface area contributed by atoms with Gasteiger partial charge in [-0.1, -0.05) is 0 Å². The lowest BCUT2D eigenvalue weighted by Crippen LogP contribution is -2.46. The first kappa shape index (κ1) is 12.5. The van der Waals surface area contributed by atoms with E-state index in [4.69, 9.17) is 9.84 Å². The number of ether oxygens (including phenoxy) is 1. The van der Waals surface area contributed by atoms with E-state index in [0.717, 1.165) is 45.3 Å². The van der Waals surface area contributed by atoms with E-state index in [1.54, 1.807) is 0 Å². The number of carboxylic acids is 1. The summed E-state index contributed by atoms with van der Waals surface area (Å²) < 4.78 is 5.25. The smallest absolute Gasteiger partial charge is 0.320 e. The van der Waals surface area contributed by atoms with Gasteiger partial charge in [0.2, 0.25) is 0 Å². The van der Waals surface area contributed by atoms with E-state index in [2.05, 4.69) is 5.32 Å². The maximum Gasteiger partial charge on any atom is 0.320 e. The minimum atomic E-state index is -0.718. The Kier molecular flexibility index (Phi) is 5.65. The molecule has 2 atom stereocenters. The maximum absolute atomic E-state index is 10.8. The second-order valence-corrected chi connectivity index (χ2v) is 4.02. The minimum Gasteiger partial charge on any atom is -0.480 e. The molecule has 0 aliphatic carbocycles. The van der Waals surface area contributed by atoms with Gasteiger partial charge in [-0.3, -0.25) is 4.79 Å². The predicted molar refractivity (Wildman–Crippen MR) is 57.9 cm³/mol. The summed E-state index contributed by atoms with van der Waals surface area (Å²) in [5.41, 5.74) is 0. The lowest BCUT2D eigenvalue weighted by molar-refractivity contribution is -0.140. The van der Waals surface area contributed by atoms with Crippen molar-refractivity contribution in [3.8, 4) is 0 Å². The molecule has 0 amide bonds. The summed E-state index contributed by atoms with van der Waals surface area (Å²) in [5, 5.41) is 12.1. The quantitative estimate of drug-likeness (QED) is 0.657. The van der Waals surface area contributed by atoms with Crippen LogP contribution in [0.4, 0.5) is 0 Å². The van der Waals surface area contributed by atoms with Crippen LogP contribution in [0.1, 0.15) is 39.0 Å². The van der Waals surface area contributed by atoms with Crippen molar-refractivity contribution in [2.24, 2.45) is 0 Å². The van der Waals surface area contributed by atoms with Crippen LogP contribution in [-0.2, 0) is 9.53 Å². The van der Waals surface area contributed by atoms with Crippen LogP contribution in [0, 0.1) is 0 Å². The van der Waals surface area contributed by atoms with Gasteiger partial charge in [0.1, 0.15) is 6.04 Å². The third-order valence-electron chi connectivity index (χ3n) is 2.83. The van der Waals surface area contributed by atoms with E-state index in [0.29, 0.717) is 6.04 Å². The second kappa shape index (κ2) is 6.80. The molecule has 2 N–H and O–H groups in total. The predicted octanol–water partition coefficient (Wildman–Crippen LogP) is 1.40. The molecule has 0 aromatic carbocycles. The number of carbonyl (C=O) groups is 1. The van der Waals surface area contributed by atoms with Crippen LogP contribution in [0.5, 0.6) is 0 Å². The third kappa shape index (κ3) is 4.62.